The molecule has 1 heterocycles. The van der Waals surface area contributed by atoms with Gasteiger partial charge in [0.2, 0.25) is 5.91 Å². The van der Waals surface area contributed by atoms with Crippen molar-refractivity contribution in [2.75, 3.05) is 11.4 Å². The first-order chi connectivity index (χ1) is 16.2. The molecule has 2 amide bonds. The smallest absolute Gasteiger partial charge is 0.258 e. The molecule has 4 heteroatoms. The van der Waals surface area contributed by atoms with Gasteiger partial charge >= 0.3 is 0 Å². The number of carbonyl (C=O) groups is 2. The van der Waals surface area contributed by atoms with Crippen LogP contribution in [0.15, 0.2) is 97.1 Å². The second-order valence-electron chi connectivity index (χ2n) is 8.46. The largest absolute Gasteiger partial charge is 0.334 e. The van der Waals surface area contributed by atoms with Gasteiger partial charge in [0.15, 0.2) is 0 Å². The summed E-state index contributed by atoms with van der Waals surface area (Å²) in [6.07, 6.45) is 1.02. The molecule has 0 radical (unpaired) electrons. The first-order valence-corrected chi connectivity index (χ1v) is 11.4. The van der Waals surface area contributed by atoms with E-state index in [0.29, 0.717) is 32.5 Å². The minimum atomic E-state index is 0.0275. The summed E-state index contributed by atoms with van der Waals surface area (Å²) in [5, 5.41) is 2.10. The fourth-order valence-corrected chi connectivity index (χ4v) is 4.59. The Balaban J connectivity index is 1.27. The Hall–Kier alpha value is -3.92. The lowest BCUT2D eigenvalue weighted by Gasteiger charge is -2.24. The number of hydrogen-bond acceptors (Lipinski definition) is 2. The average molecular weight is 435 g/mol. The van der Waals surface area contributed by atoms with E-state index in [1.165, 1.54) is 0 Å². The molecule has 0 saturated carbocycles. The van der Waals surface area contributed by atoms with E-state index in [1.54, 1.807) is 0 Å². The minimum Gasteiger partial charge on any atom is -0.334 e. The maximum Gasteiger partial charge on any atom is 0.258 e. The number of nitrogens with zero attached hydrogens (tertiary/aromatic N) is 2. The molecule has 4 nitrogen and oxygen atoms in total. The zero-order valence-electron chi connectivity index (χ0n) is 18.5. The summed E-state index contributed by atoms with van der Waals surface area (Å²) in [6.45, 7) is 1.67. The third-order valence-electron chi connectivity index (χ3n) is 6.21. The van der Waals surface area contributed by atoms with Gasteiger partial charge in [0.25, 0.3) is 5.91 Å². The molecule has 1 aliphatic heterocycles. The Labute approximate surface area is 194 Å². The maximum atomic E-state index is 13.2. The van der Waals surface area contributed by atoms with E-state index in [0.717, 1.165) is 33.2 Å². The summed E-state index contributed by atoms with van der Waals surface area (Å²) in [6, 6.07) is 32.0. The molecule has 33 heavy (non-hydrogen) atoms. The Morgan fingerprint density at radius 1 is 0.727 bits per heavy atom. The highest BCUT2D eigenvalue weighted by Crippen LogP contribution is 2.37. The van der Waals surface area contributed by atoms with Crippen molar-refractivity contribution in [2.45, 2.75) is 25.9 Å². The highest BCUT2D eigenvalue weighted by Gasteiger charge is 2.29. The average Bonchev–Trinajstić information content (AvgIpc) is 3.13. The van der Waals surface area contributed by atoms with Crippen LogP contribution in [0.5, 0.6) is 0 Å². The van der Waals surface area contributed by atoms with Gasteiger partial charge in [0.05, 0.1) is 5.69 Å². The SMILES string of the molecule is O=C(CCCN1C(=O)c2cccc3cccc1c23)N(Cc1ccccc1)Cc1ccccc1. The highest BCUT2D eigenvalue weighted by molar-refractivity contribution is 6.25. The number of rotatable bonds is 8. The molecule has 0 N–H and O–H groups in total. The highest BCUT2D eigenvalue weighted by atomic mass is 16.2. The van der Waals surface area contributed by atoms with Gasteiger partial charge in [0.1, 0.15) is 0 Å². The third-order valence-corrected chi connectivity index (χ3v) is 6.21. The maximum absolute atomic E-state index is 13.2. The van der Waals surface area contributed by atoms with Gasteiger partial charge in [0, 0.05) is 37.0 Å². The van der Waals surface area contributed by atoms with Crippen molar-refractivity contribution in [3.05, 3.63) is 114 Å². The minimum absolute atomic E-state index is 0.0275. The van der Waals surface area contributed by atoms with E-state index in [-0.39, 0.29) is 11.8 Å². The quantitative estimate of drug-likeness (QED) is 0.351. The number of benzene rings is 4. The van der Waals surface area contributed by atoms with Gasteiger partial charge in [-0.1, -0.05) is 84.9 Å². The zero-order valence-corrected chi connectivity index (χ0v) is 18.5. The van der Waals surface area contributed by atoms with E-state index < -0.39 is 0 Å². The van der Waals surface area contributed by atoms with Crippen molar-refractivity contribution in [2.24, 2.45) is 0 Å². The molecular weight excluding hydrogens is 408 g/mol. The van der Waals surface area contributed by atoms with Gasteiger partial charge in [-0.15, -0.1) is 0 Å². The van der Waals surface area contributed by atoms with Gasteiger partial charge in [-0.3, -0.25) is 9.59 Å². The van der Waals surface area contributed by atoms with Crippen molar-refractivity contribution in [3.8, 4) is 0 Å². The molecule has 164 valence electrons. The van der Waals surface area contributed by atoms with Crippen LogP contribution in [0.4, 0.5) is 5.69 Å². The van der Waals surface area contributed by atoms with Crippen LogP contribution < -0.4 is 4.90 Å². The Morgan fingerprint density at radius 3 is 1.97 bits per heavy atom. The van der Waals surface area contributed by atoms with E-state index in [1.807, 2.05) is 107 Å². The van der Waals surface area contributed by atoms with Crippen LogP contribution >= 0.6 is 0 Å². The lowest BCUT2D eigenvalue weighted by molar-refractivity contribution is -0.132. The summed E-state index contributed by atoms with van der Waals surface area (Å²) in [4.78, 5) is 30.0. The topological polar surface area (TPSA) is 40.6 Å². The van der Waals surface area contributed by atoms with Crippen molar-refractivity contribution < 1.29 is 9.59 Å². The molecule has 4 aromatic rings. The molecular formula is C29H26N2O2. The number of carbonyl (C=O) groups excluding carboxylic acids is 2. The number of anilines is 1. The molecule has 0 spiro atoms. The molecule has 5 rings (SSSR count). The number of hydrogen-bond donors (Lipinski definition) is 0. The Morgan fingerprint density at radius 2 is 1.33 bits per heavy atom. The molecule has 1 aliphatic rings. The normalized spacial score (nSPS) is 12.4. The summed E-state index contributed by atoms with van der Waals surface area (Å²) < 4.78 is 0. The summed E-state index contributed by atoms with van der Waals surface area (Å²) in [7, 11) is 0. The molecule has 0 aromatic heterocycles. The van der Waals surface area contributed by atoms with Gasteiger partial charge in [-0.2, -0.15) is 0 Å². The van der Waals surface area contributed by atoms with Crippen LogP contribution in [0, 0.1) is 0 Å². The lowest BCUT2D eigenvalue weighted by Crippen LogP contribution is -2.32. The zero-order chi connectivity index (χ0) is 22.6. The second-order valence-corrected chi connectivity index (χ2v) is 8.46. The van der Waals surface area contributed by atoms with Gasteiger partial charge in [-0.25, -0.2) is 0 Å². The van der Waals surface area contributed by atoms with E-state index in [2.05, 4.69) is 0 Å². The Kier molecular flexibility index (Phi) is 5.90. The van der Waals surface area contributed by atoms with Crippen molar-refractivity contribution in [1.82, 2.24) is 4.90 Å². The van der Waals surface area contributed by atoms with Crippen molar-refractivity contribution in [3.63, 3.8) is 0 Å². The predicted molar refractivity (Wildman–Crippen MR) is 132 cm³/mol. The first kappa shape index (κ1) is 21.0. The summed E-state index contributed by atoms with van der Waals surface area (Å²) in [5.74, 6) is 0.129. The molecule has 0 aliphatic carbocycles. The van der Waals surface area contributed by atoms with Crippen LogP contribution in [0.25, 0.3) is 10.8 Å². The standard InChI is InChI=1S/C29H26N2O2/c32-27(30(20-22-10-3-1-4-11-22)21-23-12-5-2-6-13-23)18-9-19-31-26-17-8-15-24-14-7-16-25(28(24)26)29(31)33/h1-8,10-17H,9,18-21H2. The molecule has 4 aromatic carbocycles. The van der Waals surface area contributed by atoms with Crippen LogP contribution in [0.2, 0.25) is 0 Å². The number of amides is 2. The van der Waals surface area contributed by atoms with Gasteiger partial charge < -0.3 is 9.80 Å². The monoisotopic (exact) mass is 434 g/mol. The molecule has 0 atom stereocenters. The van der Waals surface area contributed by atoms with E-state index in [9.17, 15) is 9.59 Å². The predicted octanol–water partition coefficient (Wildman–Crippen LogP) is 5.81. The Bertz CT molecular complexity index is 1240. The van der Waals surface area contributed by atoms with Crippen LogP contribution in [-0.2, 0) is 17.9 Å². The molecule has 0 saturated heterocycles. The third kappa shape index (κ3) is 4.37. The van der Waals surface area contributed by atoms with Crippen LogP contribution in [0.3, 0.4) is 0 Å². The summed E-state index contributed by atoms with van der Waals surface area (Å²) in [5.41, 5.74) is 3.92. The van der Waals surface area contributed by atoms with Crippen LogP contribution in [0.1, 0.15) is 34.3 Å². The van der Waals surface area contributed by atoms with Crippen LogP contribution in [-0.4, -0.2) is 23.3 Å². The van der Waals surface area contributed by atoms with E-state index >= 15 is 0 Å². The molecule has 0 fully saturated rings. The summed E-state index contributed by atoms with van der Waals surface area (Å²) >= 11 is 0. The fraction of sp³-hybridized carbons (Fsp3) is 0.172. The lowest BCUT2D eigenvalue weighted by atomic mass is 10.1. The second kappa shape index (κ2) is 9.29. The van der Waals surface area contributed by atoms with Gasteiger partial charge in [-0.05, 0) is 35.1 Å². The fourth-order valence-electron chi connectivity index (χ4n) is 4.59. The van der Waals surface area contributed by atoms with E-state index in [4.69, 9.17) is 0 Å². The van der Waals surface area contributed by atoms with Crippen molar-refractivity contribution in [1.29, 1.82) is 0 Å². The molecule has 0 bridgehead atoms. The molecule has 0 unspecified atom stereocenters. The first-order valence-electron chi connectivity index (χ1n) is 11.4. The van der Waals surface area contributed by atoms with Crippen molar-refractivity contribution >= 4 is 28.3 Å².